The fourth-order valence-corrected chi connectivity index (χ4v) is 2.06. The Morgan fingerprint density at radius 3 is 2.46 bits per heavy atom. The fraction of sp³-hybridized carbons (Fsp3) is 0.294. The standard InChI is InChI=1S/C17H21N3O4/c1-20(2)14-5-3-13(4-6-14)19-17(23)16(22)18-9-7-15(21)12-8-10-24-11-12/h3-6,8,10-11,15,21H,7,9H2,1-2H3,(H,18,22)(H,19,23). The number of rotatable bonds is 6. The molecule has 0 saturated carbocycles. The van der Waals surface area contributed by atoms with Gasteiger partial charge in [0.1, 0.15) is 0 Å². The molecule has 0 aliphatic rings. The van der Waals surface area contributed by atoms with Crippen molar-refractivity contribution in [1.82, 2.24) is 5.32 Å². The van der Waals surface area contributed by atoms with Gasteiger partial charge in [0.15, 0.2) is 0 Å². The number of benzene rings is 1. The molecule has 2 aromatic rings. The molecule has 2 amide bonds. The van der Waals surface area contributed by atoms with Crippen LogP contribution in [0.1, 0.15) is 18.1 Å². The number of hydrogen-bond acceptors (Lipinski definition) is 5. The first kappa shape index (κ1) is 17.6. The van der Waals surface area contributed by atoms with Gasteiger partial charge in [0.05, 0.1) is 18.6 Å². The van der Waals surface area contributed by atoms with Crippen LogP contribution in [0.5, 0.6) is 0 Å². The first-order valence-corrected chi connectivity index (χ1v) is 7.54. The number of aliphatic hydroxyl groups is 1. The van der Waals surface area contributed by atoms with Crippen molar-refractivity contribution >= 4 is 23.2 Å². The first-order valence-electron chi connectivity index (χ1n) is 7.54. The third-order valence-electron chi connectivity index (χ3n) is 3.48. The van der Waals surface area contributed by atoms with E-state index in [0.29, 0.717) is 11.3 Å². The lowest BCUT2D eigenvalue weighted by atomic mass is 10.1. The Balaban J connectivity index is 1.76. The van der Waals surface area contributed by atoms with Crippen molar-refractivity contribution in [2.75, 3.05) is 30.9 Å². The van der Waals surface area contributed by atoms with Gasteiger partial charge in [-0.05, 0) is 36.8 Å². The minimum Gasteiger partial charge on any atom is -0.472 e. The maximum atomic E-state index is 11.8. The smallest absolute Gasteiger partial charge is 0.313 e. The molecule has 0 aliphatic carbocycles. The summed E-state index contributed by atoms with van der Waals surface area (Å²) in [5, 5.41) is 14.9. The summed E-state index contributed by atoms with van der Waals surface area (Å²) in [5.41, 5.74) is 2.17. The minimum atomic E-state index is -0.745. The molecule has 0 aliphatic heterocycles. The number of aliphatic hydroxyl groups excluding tert-OH is 1. The second kappa shape index (κ2) is 8.16. The molecule has 7 nitrogen and oxygen atoms in total. The minimum absolute atomic E-state index is 0.179. The Morgan fingerprint density at radius 2 is 1.88 bits per heavy atom. The predicted molar refractivity (Wildman–Crippen MR) is 90.7 cm³/mol. The highest BCUT2D eigenvalue weighted by Crippen LogP contribution is 2.16. The maximum Gasteiger partial charge on any atom is 0.313 e. The zero-order valence-corrected chi connectivity index (χ0v) is 13.7. The number of carbonyl (C=O) groups is 2. The molecule has 1 heterocycles. The molecule has 3 N–H and O–H groups in total. The molecule has 7 heteroatoms. The van der Waals surface area contributed by atoms with Crippen molar-refractivity contribution in [1.29, 1.82) is 0 Å². The summed E-state index contributed by atoms with van der Waals surface area (Å²) in [6, 6.07) is 8.78. The van der Waals surface area contributed by atoms with Gasteiger partial charge in [-0.1, -0.05) is 0 Å². The van der Waals surface area contributed by atoms with Crippen LogP contribution in [0, 0.1) is 0 Å². The Morgan fingerprint density at radius 1 is 1.17 bits per heavy atom. The van der Waals surface area contributed by atoms with Crippen LogP contribution in [0.25, 0.3) is 0 Å². The quantitative estimate of drug-likeness (QED) is 0.698. The van der Waals surface area contributed by atoms with E-state index in [1.165, 1.54) is 12.5 Å². The third-order valence-corrected chi connectivity index (χ3v) is 3.48. The van der Waals surface area contributed by atoms with Crippen LogP contribution < -0.4 is 15.5 Å². The molecule has 128 valence electrons. The van der Waals surface area contributed by atoms with Gasteiger partial charge in [0, 0.05) is 37.6 Å². The number of hydrogen-bond donors (Lipinski definition) is 3. The van der Waals surface area contributed by atoms with Crippen LogP contribution in [-0.2, 0) is 9.59 Å². The normalized spacial score (nSPS) is 11.6. The van der Waals surface area contributed by atoms with E-state index in [1.54, 1.807) is 18.2 Å². The number of carbonyl (C=O) groups excluding carboxylic acids is 2. The number of furan rings is 1. The second-order valence-corrected chi connectivity index (χ2v) is 5.51. The third kappa shape index (κ3) is 4.85. The lowest BCUT2D eigenvalue weighted by Crippen LogP contribution is -2.36. The molecule has 24 heavy (non-hydrogen) atoms. The summed E-state index contributed by atoms with van der Waals surface area (Å²) in [6.07, 6.45) is 2.45. The van der Waals surface area contributed by atoms with Crippen LogP contribution in [0.3, 0.4) is 0 Å². The maximum absolute atomic E-state index is 11.8. The molecular formula is C17H21N3O4. The zero-order valence-electron chi connectivity index (χ0n) is 13.7. The molecule has 0 fully saturated rings. The molecule has 2 rings (SSSR count). The first-order chi connectivity index (χ1) is 11.5. The van der Waals surface area contributed by atoms with Gasteiger partial charge in [-0.3, -0.25) is 9.59 Å². The number of anilines is 2. The van der Waals surface area contributed by atoms with Crippen molar-refractivity contribution in [2.24, 2.45) is 0 Å². The molecule has 0 bridgehead atoms. The van der Waals surface area contributed by atoms with E-state index >= 15 is 0 Å². The van der Waals surface area contributed by atoms with E-state index < -0.39 is 17.9 Å². The second-order valence-electron chi connectivity index (χ2n) is 5.51. The Bertz CT molecular complexity index is 666. The van der Waals surface area contributed by atoms with E-state index in [2.05, 4.69) is 10.6 Å². The Labute approximate surface area is 140 Å². The topological polar surface area (TPSA) is 94.8 Å². The molecule has 0 radical (unpaired) electrons. The SMILES string of the molecule is CN(C)c1ccc(NC(=O)C(=O)NCCC(O)c2ccoc2)cc1. The lowest BCUT2D eigenvalue weighted by Gasteiger charge is -2.13. The van der Waals surface area contributed by atoms with Crippen LogP contribution in [-0.4, -0.2) is 37.6 Å². The molecule has 1 unspecified atom stereocenters. The summed E-state index contributed by atoms with van der Waals surface area (Å²) < 4.78 is 4.88. The highest BCUT2D eigenvalue weighted by Gasteiger charge is 2.15. The van der Waals surface area contributed by atoms with Crippen molar-refractivity contribution in [3.05, 3.63) is 48.4 Å². The van der Waals surface area contributed by atoms with Gasteiger partial charge in [-0.25, -0.2) is 0 Å². The van der Waals surface area contributed by atoms with Gasteiger partial charge in [-0.2, -0.15) is 0 Å². The highest BCUT2D eigenvalue weighted by atomic mass is 16.3. The van der Waals surface area contributed by atoms with E-state index in [-0.39, 0.29) is 13.0 Å². The van der Waals surface area contributed by atoms with Crippen LogP contribution >= 0.6 is 0 Å². The van der Waals surface area contributed by atoms with Gasteiger partial charge in [0.25, 0.3) is 0 Å². The van der Waals surface area contributed by atoms with Crippen LogP contribution in [0.2, 0.25) is 0 Å². The number of nitrogens with one attached hydrogen (secondary N) is 2. The molecule has 1 atom stereocenters. The summed E-state index contributed by atoms with van der Waals surface area (Å²) in [5.74, 6) is -1.49. The Kier molecular flexibility index (Phi) is 5.97. The summed E-state index contributed by atoms with van der Waals surface area (Å²) >= 11 is 0. The van der Waals surface area contributed by atoms with Crippen LogP contribution in [0.15, 0.2) is 47.3 Å². The average molecular weight is 331 g/mol. The monoisotopic (exact) mass is 331 g/mol. The molecule has 0 saturated heterocycles. The summed E-state index contributed by atoms with van der Waals surface area (Å²) in [7, 11) is 3.83. The van der Waals surface area contributed by atoms with Gasteiger partial charge in [0.2, 0.25) is 0 Å². The van der Waals surface area contributed by atoms with E-state index in [0.717, 1.165) is 5.69 Å². The van der Waals surface area contributed by atoms with Crippen molar-refractivity contribution in [2.45, 2.75) is 12.5 Å². The average Bonchev–Trinajstić information content (AvgIpc) is 3.09. The summed E-state index contributed by atoms with van der Waals surface area (Å²) in [6.45, 7) is 0.179. The van der Waals surface area contributed by atoms with Crippen LogP contribution in [0.4, 0.5) is 11.4 Å². The van der Waals surface area contributed by atoms with Crippen molar-refractivity contribution in [3.63, 3.8) is 0 Å². The largest absolute Gasteiger partial charge is 0.472 e. The van der Waals surface area contributed by atoms with E-state index in [4.69, 9.17) is 4.42 Å². The lowest BCUT2D eigenvalue weighted by molar-refractivity contribution is -0.136. The molecular weight excluding hydrogens is 310 g/mol. The van der Waals surface area contributed by atoms with Gasteiger partial charge < -0.3 is 25.1 Å². The highest BCUT2D eigenvalue weighted by molar-refractivity contribution is 6.39. The fourth-order valence-electron chi connectivity index (χ4n) is 2.06. The van der Waals surface area contributed by atoms with Crippen molar-refractivity contribution < 1.29 is 19.1 Å². The van der Waals surface area contributed by atoms with Gasteiger partial charge in [-0.15, -0.1) is 0 Å². The van der Waals surface area contributed by atoms with Crippen molar-refractivity contribution in [3.8, 4) is 0 Å². The number of amides is 2. The predicted octanol–water partition coefficient (Wildman–Crippen LogP) is 1.52. The molecule has 0 spiro atoms. The van der Waals surface area contributed by atoms with E-state index in [9.17, 15) is 14.7 Å². The molecule has 1 aromatic carbocycles. The van der Waals surface area contributed by atoms with Gasteiger partial charge >= 0.3 is 11.8 Å². The number of nitrogens with zero attached hydrogens (tertiary/aromatic N) is 1. The Hall–Kier alpha value is -2.80. The molecule has 1 aromatic heterocycles. The zero-order chi connectivity index (χ0) is 17.5. The summed E-state index contributed by atoms with van der Waals surface area (Å²) in [4.78, 5) is 25.5. The van der Waals surface area contributed by atoms with E-state index in [1.807, 2.05) is 31.1 Å².